The van der Waals surface area contributed by atoms with Crippen molar-refractivity contribution in [2.45, 2.75) is 12.8 Å². The summed E-state index contributed by atoms with van der Waals surface area (Å²) in [7, 11) is 0. The van der Waals surface area contributed by atoms with Crippen molar-refractivity contribution in [2.75, 3.05) is 11.5 Å². The van der Waals surface area contributed by atoms with E-state index in [9.17, 15) is 13.2 Å². The number of halogens is 3. The fourth-order valence-electron chi connectivity index (χ4n) is 1.03. The van der Waals surface area contributed by atoms with Crippen LogP contribution in [0.3, 0.4) is 0 Å². The summed E-state index contributed by atoms with van der Waals surface area (Å²) in [4.78, 5) is 3.56. The lowest BCUT2D eigenvalue weighted by atomic mass is 10.2. The standard InChI is InChI=1S/C8H7F3N4O/c9-8(10,11)16-6-5(13)3-4(1-2-12)15-7(6)14/h3H,1H2,(H4,13,14,15). The molecule has 1 aromatic heterocycles. The lowest BCUT2D eigenvalue weighted by molar-refractivity contribution is -0.274. The second kappa shape index (κ2) is 4.14. The van der Waals surface area contributed by atoms with Gasteiger partial charge in [0.1, 0.15) is 0 Å². The third-order valence-corrected chi connectivity index (χ3v) is 1.56. The fourth-order valence-corrected chi connectivity index (χ4v) is 1.03. The second-order valence-electron chi connectivity index (χ2n) is 2.80. The Morgan fingerprint density at radius 3 is 2.50 bits per heavy atom. The number of hydrogen-bond acceptors (Lipinski definition) is 5. The van der Waals surface area contributed by atoms with Gasteiger partial charge in [-0.15, -0.1) is 13.2 Å². The number of alkyl halides is 3. The summed E-state index contributed by atoms with van der Waals surface area (Å²) in [6.45, 7) is 0. The number of aromatic nitrogens is 1. The Bertz CT molecular complexity index is 415. The van der Waals surface area contributed by atoms with Crippen LogP contribution in [0, 0.1) is 11.3 Å². The van der Waals surface area contributed by atoms with Gasteiger partial charge in [0.25, 0.3) is 0 Å². The van der Waals surface area contributed by atoms with Crippen molar-refractivity contribution in [3.63, 3.8) is 0 Å². The number of nitrogen functional groups attached to an aromatic ring is 2. The first-order valence-corrected chi connectivity index (χ1v) is 4.01. The summed E-state index contributed by atoms with van der Waals surface area (Å²) in [6, 6.07) is 2.88. The highest BCUT2D eigenvalue weighted by Gasteiger charge is 2.33. The molecule has 0 radical (unpaired) electrons. The lowest BCUT2D eigenvalue weighted by Crippen LogP contribution is -2.19. The van der Waals surface area contributed by atoms with Crippen molar-refractivity contribution in [1.82, 2.24) is 4.98 Å². The van der Waals surface area contributed by atoms with Crippen molar-refractivity contribution in [3.8, 4) is 11.8 Å². The molecule has 1 rings (SSSR count). The molecule has 16 heavy (non-hydrogen) atoms. The smallest absolute Gasteiger partial charge is 0.400 e. The van der Waals surface area contributed by atoms with Crippen molar-refractivity contribution in [1.29, 1.82) is 5.26 Å². The summed E-state index contributed by atoms with van der Waals surface area (Å²) >= 11 is 0. The van der Waals surface area contributed by atoms with Gasteiger partial charge in [-0.25, -0.2) is 4.98 Å². The molecule has 0 amide bonds. The Morgan fingerprint density at radius 2 is 2.06 bits per heavy atom. The van der Waals surface area contributed by atoms with Gasteiger partial charge in [0, 0.05) is 0 Å². The molecular weight excluding hydrogens is 225 g/mol. The molecule has 0 unspecified atom stereocenters. The maximum atomic E-state index is 11.9. The zero-order chi connectivity index (χ0) is 12.3. The Labute approximate surface area is 88.4 Å². The first kappa shape index (κ1) is 11.9. The summed E-state index contributed by atoms with van der Waals surface area (Å²) in [5.41, 5.74) is 10.4. The average Bonchev–Trinajstić information content (AvgIpc) is 2.10. The van der Waals surface area contributed by atoms with Gasteiger partial charge in [-0.05, 0) is 6.07 Å². The van der Waals surface area contributed by atoms with E-state index in [2.05, 4.69) is 9.72 Å². The van der Waals surface area contributed by atoms with Crippen molar-refractivity contribution in [3.05, 3.63) is 11.8 Å². The molecule has 5 nitrogen and oxygen atoms in total. The van der Waals surface area contributed by atoms with Gasteiger partial charge in [-0.3, -0.25) is 0 Å². The largest absolute Gasteiger partial charge is 0.573 e. The topological polar surface area (TPSA) is 98.0 Å². The molecule has 86 valence electrons. The van der Waals surface area contributed by atoms with Crippen molar-refractivity contribution in [2.24, 2.45) is 0 Å². The van der Waals surface area contributed by atoms with Crippen LogP contribution in [-0.4, -0.2) is 11.3 Å². The number of anilines is 2. The van der Waals surface area contributed by atoms with Crippen LogP contribution in [0.2, 0.25) is 0 Å². The third kappa shape index (κ3) is 2.91. The molecule has 0 aliphatic heterocycles. The fraction of sp³-hybridized carbons (Fsp3) is 0.250. The van der Waals surface area contributed by atoms with E-state index < -0.39 is 17.9 Å². The normalized spacial score (nSPS) is 10.9. The molecule has 0 aromatic carbocycles. The van der Waals surface area contributed by atoms with E-state index >= 15 is 0 Å². The van der Waals surface area contributed by atoms with E-state index in [0.717, 1.165) is 6.07 Å². The van der Waals surface area contributed by atoms with Crippen LogP contribution in [-0.2, 0) is 6.42 Å². The minimum atomic E-state index is -4.89. The Morgan fingerprint density at radius 1 is 1.44 bits per heavy atom. The molecule has 0 aliphatic rings. The van der Waals surface area contributed by atoms with E-state index in [1.54, 1.807) is 6.07 Å². The van der Waals surface area contributed by atoms with Crippen LogP contribution in [0.4, 0.5) is 24.7 Å². The van der Waals surface area contributed by atoms with Gasteiger partial charge in [0.15, 0.2) is 11.6 Å². The third-order valence-electron chi connectivity index (χ3n) is 1.56. The van der Waals surface area contributed by atoms with Crippen LogP contribution in [0.1, 0.15) is 5.69 Å². The molecular formula is C8H7F3N4O. The molecule has 0 spiro atoms. The van der Waals surface area contributed by atoms with Gasteiger partial charge in [0.05, 0.1) is 23.9 Å². The summed E-state index contributed by atoms with van der Waals surface area (Å²) in [5.74, 6) is -1.24. The number of hydrogen-bond donors (Lipinski definition) is 2. The Balaban J connectivity index is 3.09. The molecule has 0 saturated heterocycles. The van der Waals surface area contributed by atoms with Crippen LogP contribution < -0.4 is 16.2 Å². The Kier molecular flexibility index (Phi) is 3.08. The number of rotatable bonds is 2. The molecule has 8 heteroatoms. The minimum absolute atomic E-state index is 0.0965. The highest BCUT2D eigenvalue weighted by atomic mass is 19.4. The van der Waals surface area contributed by atoms with E-state index in [1.165, 1.54) is 0 Å². The van der Waals surface area contributed by atoms with E-state index in [0.29, 0.717) is 0 Å². The highest BCUT2D eigenvalue weighted by molar-refractivity contribution is 5.64. The lowest BCUT2D eigenvalue weighted by Gasteiger charge is -2.13. The molecule has 0 saturated carbocycles. The van der Waals surface area contributed by atoms with Gasteiger partial charge in [-0.1, -0.05) is 0 Å². The molecule has 0 atom stereocenters. The van der Waals surface area contributed by atoms with Gasteiger partial charge < -0.3 is 16.2 Å². The maximum Gasteiger partial charge on any atom is 0.573 e. The van der Waals surface area contributed by atoms with Gasteiger partial charge in [-0.2, -0.15) is 5.26 Å². The summed E-state index contributed by atoms with van der Waals surface area (Å²) in [5, 5.41) is 8.37. The number of nitrogens with zero attached hydrogens (tertiary/aromatic N) is 2. The zero-order valence-corrected chi connectivity index (χ0v) is 7.88. The van der Waals surface area contributed by atoms with Crippen LogP contribution in [0.25, 0.3) is 0 Å². The van der Waals surface area contributed by atoms with Gasteiger partial charge >= 0.3 is 6.36 Å². The summed E-state index contributed by atoms with van der Waals surface area (Å²) in [6.07, 6.45) is -4.98. The monoisotopic (exact) mass is 232 g/mol. The summed E-state index contributed by atoms with van der Waals surface area (Å²) < 4.78 is 39.4. The van der Waals surface area contributed by atoms with E-state index in [1.807, 2.05) is 0 Å². The number of pyridine rings is 1. The molecule has 4 N–H and O–H groups in total. The van der Waals surface area contributed by atoms with Gasteiger partial charge in [0.2, 0.25) is 0 Å². The number of ether oxygens (including phenoxy) is 1. The van der Waals surface area contributed by atoms with E-state index in [4.69, 9.17) is 16.7 Å². The quantitative estimate of drug-likeness (QED) is 0.798. The molecule has 1 aromatic rings. The van der Waals surface area contributed by atoms with Crippen molar-refractivity contribution >= 4 is 11.5 Å². The molecule has 0 bridgehead atoms. The van der Waals surface area contributed by atoms with Crippen LogP contribution in [0.5, 0.6) is 5.75 Å². The van der Waals surface area contributed by atoms with Crippen LogP contribution in [0.15, 0.2) is 6.07 Å². The zero-order valence-electron chi connectivity index (χ0n) is 7.88. The number of nitrogens with two attached hydrogens (primary N) is 2. The SMILES string of the molecule is N#CCc1cc(N)c(OC(F)(F)F)c(N)n1. The first-order chi connectivity index (χ1) is 7.33. The van der Waals surface area contributed by atoms with Crippen LogP contribution >= 0.6 is 0 Å². The maximum absolute atomic E-state index is 11.9. The predicted octanol–water partition coefficient (Wildman–Crippen LogP) is 1.21. The Hall–Kier alpha value is -2.17. The molecule has 1 heterocycles. The first-order valence-electron chi connectivity index (χ1n) is 4.01. The molecule has 0 aliphatic carbocycles. The second-order valence-corrected chi connectivity index (χ2v) is 2.80. The predicted molar refractivity (Wildman–Crippen MR) is 49.1 cm³/mol. The molecule has 0 fully saturated rings. The average molecular weight is 232 g/mol. The van der Waals surface area contributed by atoms with E-state index in [-0.39, 0.29) is 17.8 Å². The minimum Gasteiger partial charge on any atom is -0.400 e. The highest BCUT2D eigenvalue weighted by Crippen LogP contribution is 2.33. The number of nitriles is 1. The van der Waals surface area contributed by atoms with Crippen molar-refractivity contribution < 1.29 is 17.9 Å².